The van der Waals surface area contributed by atoms with Gasteiger partial charge in [-0.05, 0) is 13.0 Å². The van der Waals surface area contributed by atoms with Crippen molar-refractivity contribution in [3.63, 3.8) is 0 Å². The summed E-state index contributed by atoms with van der Waals surface area (Å²) in [6, 6.07) is 0. The van der Waals surface area contributed by atoms with Crippen molar-refractivity contribution in [2.75, 3.05) is 20.3 Å². The van der Waals surface area contributed by atoms with E-state index < -0.39 is 0 Å². The van der Waals surface area contributed by atoms with Gasteiger partial charge in [0.2, 0.25) is 0 Å². The molecule has 1 aromatic rings. The molecule has 0 unspecified atom stereocenters. The zero-order chi connectivity index (χ0) is 8.65. The van der Waals surface area contributed by atoms with Crippen LogP contribution in [0.15, 0.2) is 12.5 Å². The third kappa shape index (κ3) is 3.50. The molecule has 1 heterocycles. The smallest absolute Gasteiger partial charge is 0.0922 e. The highest BCUT2D eigenvalue weighted by atomic mass is 16.5. The maximum Gasteiger partial charge on any atom is 0.0922 e. The summed E-state index contributed by atoms with van der Waals surface area (Å²) in [6.07, 6.45) is 4.56. The number of aromatic nitrogens is 2. The lowest BCUT2D eigenvalue weighted by Gasteiger charge is -2.01. The van der Waals surface area contributed by atoms with Crippen LogP contribution in [-0.4, -0.2) is 30.2 Å². The van der Waals surface area contributed by atoms with E-state index in [0.29, 0.717) is 0 Å². The predicted octanol–water partition coefficient (Wildman–Crippen LogP) is 0.536. The Hall–Kier alpha value is -0.870. The van der Waals surface area contributed by atoms with E-state index in [-0.39, 0.29) is 0 Å². The summed E-state index contributed by atoms with van der Waals surface area (Å²) in [5.41, 5.74) is 1.12. The number of nitrogens with zero attached hydrogens (tertiary/aromatic N) is 1. The van der Waals surface area contributed by atoms with Crippen LogP contribution in [0.1, 0.15) is 12.1 Å². The van der Waals surface area contributed by atoms with Crippen LogP contribution in [0.4, 0.5) is 0 Å². The van der Waals surface area contributed by atoms with Crippen molar-refractivity contribution in [1.82, 2.24) is 15.3 Å². The molecule has 1 rings (SSSR count). The number of nitrogens with one attached hydrogen (secondary N) is 2. The maximum atomic E-state index is 4.92. The van der Waals surface area contributed by atoms with Crippen LogP contribution in [0, 0.1) is 0 Å². The van der Waals surface area contributed by atoms with E-state index in [2.05, 4.69) is 15.3 Å². The standard InChI is InChI=1S/C8H15N3O/c1-12-4-2-3-9-5-8-6-10-7-11-8/h6-7,9H,2-5H2,1H3,(H,10,11). The maximum absolute atomic E-state index is 4.92. The van der Waals surface area contributed by atoms with Crippen molar-refractivity contribution in [3.8, 4) is 0 Å². The fourth-order valence-electron chi connectivity index (χ4n) is 0.946. The van der Waals surface area contributed by atoms with Gasteiger partial charge in [-0.3, -0.25) is 0 Å². The van der Waals surface area contributed by atoms with Gasteiger partial charge in [-0.15, -0.1) is 0 Å². The van der Waals surface area contributed by atoms with E-state index in [1.807, 2.05) is 6.20 Å². The minimum Gasteiger partial charge on any atom is -0.385 e. The number of imidazole rings is 1. The molecule has 2 N–H and O–H groups in total. The largest absolute Gasteiger partial charge is 0.385 e. The van der Waals surface area contributed by atoms with Gasteiger partial charge in [0.15, 0.2) is 0 Å². The number of ether oxygens (including phenoxy) is 1. The van der Waals surface area contributed by atoms with Crippen LogP contribution in [0.3, 0.4) is 0 Å². The van der Waals surface area contributed by atoms with E-state index in [1.165, 1.54) is 0 Å². The molecular formula is C8H15N3O. The molecule has 1 aromatic heterocycles. The Balaban J connectivity index is 1.96. The molecule has 0 radical (unpaired) electrons. The van der Waals surface area contributed by atoms with Gasteiger partial charge in [-0.25, -0.2) is 4.98 Å². The van der Waals surface area contributed by atoms with E-state index in [0.717, 1.165) is 31.8 Å². The summed E-state index contributed by atoms with van der Waals surface area (Å²) >= 11 is 0. The molecule has 0 fully saturated rings. The minimum atomic E-state index is 0.815. The first-order valence-electron chi connectivity index (χ1n) is 4.10. The molecule has 4 heteroatoms. The molecule has 12 heavy (non-hydrogen) atoms. The van der Waals surface area contributed by atoms with Crippen molar-refractivity contribution in [1.29, 1.82) is 0 Å². The van der Waals surface area contributed by atoms with Gasteiger partial charge in [0, 0.05) is 32.2 Å². The van der Waals surface area contributed by atoms with Gasteiger partial charge in [0.25, 0.3) is 0 Å². The van der Waals surface area contributed by atoms with Crippen LogP contribution in [-0.2, 0) is 11.3 Å². The van der Waals surface area contributed by atoms with Crippen LogP contribution >= 0.6 is 0 Å². The van der Waals surface area contributed by atoms with Crippen LogP contribution in [0.25, 0.3) is 0 Å². The zero-order valence-electron chi connectivity index (χ0n) is 7.34. The van der Waals surface area contributed by atoms with Gasteiger partial charge in [-0.2, -0.15) is 0 Å². The average Bonchev–Trinajstić information content (AvgIpc) is 2.57. The monoisotopic (exact) mass is 169 g/mol. The second kappa shape index (κ2) is 5.74. The number of methoxy groups -OCH3 is 1. The molecule has 68 valence electrons. The Bertz CT molecular complexity index is 186. The van der Waals surface area contributed by atoms with Gasteiger partial charge < -0.3 is 15.0 Å². The van der Waals surface area contributed by atoms with Crippen molar-refractivity contribution < 1.29 is 4.74 Å². The zero-order valence-corrected chi connectivity index (χ0v) is 7.34. The summed E-state index contributed by atoms with van der Waals surface area (Å²) < 4.78 is 4.92. The number of hydrogen-bond donors (Lipinski definition) is 2. The molecule has 0 aliphatic carbocycles. The first-order chi connectivity index (χ1) is 5.93. The Morgan fingerprint density at radius 2 is 2.58 bits per heavy atom. The normalized spacial score (nSPS) is 10.4. The fourth-order valence-corrected chi connectivity index (χ4v) is 0.946. The summed E-state index contributed by atoms with van der Waals surface area (Å²) in [5.74, 6) is 0. The molecule has 0 saturated carbocycles. The van der Waals surface area contributed by atoms with Crippen LogP contribution in [0.5, 0.6) is 0 Å². The van der Waals surface area contributed by atoms with E-state index in [9.17, 15) is 0 Å². The Morgan fingerprint density at radius 1 is 1.67 bits per heavy atom. The molecule has 0 spiro atoms. The third-order valence-electron chi connectivity index (χ3n) is 1.57. The Kier molecular flexibility index (Phi) is 4.41. The first-order valence-corrected chi connectivity index (χ1v) is 4.10. The molecule has 0 aliphatic heterocycles. The lowest BCUT2D eigenvalue weighted by Crippen LogP contribution is -2.16. The summed E-state index contributed by atoms with van der Waals surface area (Å²) in [6.45, 7) is 2.65. The second-order valence-corrected chi connectivity index (χ2v) is 2.60. The number of hydrogen-bond acceptors (Lipinski definition) is 3. The average molecular weight is 169 g/mol. The molecule has 0 aliphatic rings. The summed E-state index contributed by atoms with van der Waals surface area (Å²) in [7, 11) is 1.72. The minimum absolute atomic E-state index is 0.815. The lowest BCUT2D eigenvalue weighted by molar-refractivity contribution is 0.194. The molecule has 0 bridgehead atoms. The van der Waals surface area contributed by atoms with E-state index in [4.69, 9.17) is 4.74 Å². The molecule has 0 saturated heterocycles. The van der Waals surface area contributed by atoms with Gasteiger partial charge in [0.05, 0.1) is 6.33 Å². The Morgan fingerprint density at radius 3 is 3.25 bits per heavy atom. The topological polar surface area (TPSA) is 49.9 Å². The highest BCUT2D eigenvalue weighted by molar-refractivity contribution is 4.92. The number of rotatable bonds is 6. The molecule has 4 nitrogen and oxygen atoms in total. The van der Waals surface area contributed by atoms with Crippen molar-refractivity contribution in [3.05, 3.63) is 18.2 Å². The van der Waals surface area contributed by atoms with Gasteiger partial charge in [0.1, 0.15) is 0 Å². The van der Waals surface area contributed by atoms with E-state index in [1.54, 1.807) is 13.4 Å². The third-order valence-corrected chi connectivity index (χ3v) is 1.57. The second-order valence-electron chi connectivity index (χ2n) is 2.60. The quantitative estimate of drug-likeness (QED) is 0.611. The predicted molar refractivity (Wildman–Crippen MR) is 46.8 cm³/mol. The highest BCUT2D eigenvalue weighted by Gasteiger charge is 1.91. The van der Waals surface area contributed by atoms with Crippen molar-refractivity contribution >= 4 is 0 Å². The van der Waals surface area contributed by atoms with Crippen LogP contribution in [0.2, 0.25) is 0 Å². The SMILES string of the molecule is COCCCNCc1cnc[nH]1. The Labute approximate surface area is 72.3 Å². The summed E-state index contributed by atoms with van der Waals surface area (Å²) in [4.78, 5) is 6.94. The number of aromatic amines is 1. The van der Waals surface area contributed by atoms with Crippen molar-refractivity contribution in [2.24, 2.45) is 0 Å². The van der Waals surface area contributed by atoms with Gasteiger partial charge in [-0.1, -0.05) is 0 Å². The lowest BCUT2D eigenvalue weighted by atomic mass is 10.4. The highest BCUT2D eigenvalue weighted by Crippen LogP contribution is 1.88. The number of H-pyrrole nitrogens is 1. The first kappa shape index (κ1) is 9.22. The molecular weight excluding hydrogens is 154 g/mol. The molecule has 0 atom stereocenters. The molecule has 0 aromatic carbocycles. The fraction of sp³-hybridized carbons (Fsp3) is 0.625. The van der Waals surface area contributed by atoms with Crippen molar-refractivity contribution in [2.45, 2.75) is 13.0 Å². The van der Waals surface area contributed by atoms with E-state index >= 15 is 0 Å². The summed E-state index contributed by atoms with van der Waals surface area (Å²) in [5, 5.41) is 3.27. The van der Waals surface area contributed by atoms with Crippen LogP contribution < -0.4 is 5.32 Å². The van der Waals surface area contributed by atoms with Gasteiger partial charge >= 0.3 is 0 Å². The molecule has 0 amide bonds.